The van der Waals surface area contributed by atoms with E-state index < -0.39 is 12.4 Å². The first-order valence-corrected chi connectivity index (χ1v) is 4.24. The number of hydrogen-bond donors (Lipinski definition) is 2. The van der Waals surface area contributed by atoms with E-state index in [4.69, 9.17) is 11.5 Å². The van der Waals surface area contributed by atoms with E-state index in [1.54, 1.807) is 6.07 Å². The molecule has 0 aliphatic carbocycles. The maximum absolute atomic E-state index is 12.0. The molecule has 1 rings (SSSR count). The summed E-state index contributed by atoms with van der Waals surface area (Å²) < 4.78 is 39.8. The van der Waals surface area contributed by atoms with Gasteiger partial charge in [0.15, 0.2) is 0 Å². The predicted molar refractivity (Wildman–Crippen MR) is 56.4 cm³/mol. The van der Waals surface area contributed by atoms with Gasteiger partial charge in [-0.25, -0.2) is 0 Å². The van der Waals surface area contributed by atoms with Crippen LogP contribution in [0.2, 0.25) is 0 Å². The number of para-hydroxylation sites is 1. The molecule has 0 radical (unpaired) electrons. The van der Waals surface area contributed by atoms with Gasteiger partial charge in [0, 0.05) is 18.2 Å². The smallest absolute Gasteiger partial charge is 0.405 e. The quantitative estimate of drug-likeness (QED) is 0.869. The van der Waals surface area contributed by atoms with Gasteiger partial charge in [-0.15, -0.1) is 25.6 Å². The van der Waals surface area contributed by atoms with Crippen molar-refractivity contribution in [3.63, 3.8) is 0 Å². The molecule has 0 amide bonds. The second kappa shape index (κ2) is 5.93. The molecule has 0 aliphatic heterocycles. The Kier molecular flexibility index (Phi) is 5.57. The van der Waals surface area contributed by atoms with E-state index in [0.717, 1.165) is 0 Å². The van der Waals surface area contributed by atoms with Crippen molar-refractivity contribution in [3.8, 4) is 5.75 Å². The van der Waals surface area contributed by atoms with Crippen LogP contribution in [-0.2, 0) is 0 Å². The summed E-state index contributed by atoms with van der Waals surface area (Å²) in [6.45, 7) is 0.0538. The lowest BCUT2D eigenvalue weighted by molar-refractivity contribution is -0.275. The van der Waals surface area contributed by atoms with Gasteiger partial charge in [0.05, 0.1) is 0 Å². The van der Waals surface area contributed by atoms with E-state index in [2.05, 4.69) is 4.74 Å². The zero-order valence-corrected chi connectivity index (χ0v) is 9.02. The predicted octanol–water partition coefficient (Wildman–Crippen LogP) is 1.97. The number of alkyl halides is 3. The maximum Gasteiger partial charge on any atom is 0.573 e. The van der Waals surface area contributed by atoms with Gasteiger partial charge in [-0.05, 0) is 6.07 Å². The molecule has 1 aromatic carbocycles. The van der Waals surface area contributed by atoms with Crippen molar-refractivity contribution >= 4 is 12.4 Å². The standard InChI is InChI=1S/C9H11F3N2O.ClH/c10-9(11,12)15-8-4-2-1-3-6(8)7(14)5-13;/h1-4,7H,5,13-14H2;1H/t7-;/m1./s1. The fourth-order valence-corrected chi connectivity index (χ4v) is 1.13. The van der Waals surface area contributed by atoms with Crippen LogP contribution in [0.15, 0.2) is 24.3 Å². The molecule has 16 heavy (non-hydrogen) atoms. The van der Waals surface area contributed by atoms with Gasteiger partial charge in [-0.3, -0.25) is 0 Å². The Hall–Kier alpha value is -0.980. The second-order valence-corrected chi connectivity index (χ2v) is 2.93. The average Bonchev–Trinajstić information content (AvgIpc) is 2.15. The van der Waals surface area contributed by atoms with Crippen LogP contribution in [-0.4, -0.2) is 12.9 Å². The Balaban J connectivity index is 0.00000225. The molecule has 1 atom stereocenters. The van der Waals surface area contributed by atoms with E-state index >= 15 is 0 Å². The van der Waals surface area contributed by atoms with Crippen molar-refractivity contribution in [1.29, 1.82) is 0 Å². The molecule has 0 aromatic heterocycles. The maximum atomic E-state index is 12.0. The van der Waals surface area contributed by atoms with Crippen molar-refractivity contribution in [2.24, 2.45) is 11.5 Å². The van der Waals surface area contributed by atoms with Gasteiger partial charge in [-0.1, -0.05) is 18.2 Å². The van der Waals surface area contributed by atoms with Gasteiger partial charge in [0.25, 0.3) is 0 Å². The van der Waals surface area contributed by atoms with Crippen LogP contribution in [0.3, 0.4) is 0 Å². The molecule has 0 fully saturated rings. The van der Waals surface area contributed by atoms with Crippen molar-refractivity contribution in [1.82, 2.24) is 0 Å². The van der Waals surface area contributed by atoms with Gasteiger partial charge in [0.2, 0.25) is 0 Å². The lowest BCUT2D eigenvalue weighted by atomic mass is 10.1. The zero-order chi connectivity index (χ0) is 11.5. The molecule has 92 valence electrons. The van der Waals surface area contributed by atoms with E-state index in [-0.39, 0.29) is 30.3 Å². The van der Waals surface area contributed by atoms with Crippen LogP contribution in [0.1, 0.15) is 11.6 Å². The Labute approximate surface area is 97.0 Å². The highest BCUT2D eigenvalue weighted by Crippen LogP contribution is 2.28. The van der Waals surface area contributed by atoms with Gasteiger partial charge < -0.3 is 16.2 Å². The van der Waals surface area contributed by atoms with Crippen molar-refractivity contribution in [3.05, 3.63) is 29.8 Å². The summed E-state index contributed by atoms with van der Waals surface area (Å²) in [5.74, 6) is -0.303. The summed E-state index contributed by atoms with van der Waals surface area (Å²) in [7, 11) is 0. The number of ether oxygens (including phenoxy) is 1. The molecular formula is C9H12ClF3N2O. The largest absolute Gasteiger partial charge is 0.573 e. The lowest BCUT2D eigenvalue weighted by Gasteiger charge is -2.16. The normalized spacial score (nSPS) is 12.8. The van der Waals surface area contributed by atoms with Crippen LogP contribution in [0.5, 0.6) is 5.75 Å². The SMILES string of the molecule is Cl.NC[C@@H](N)c1ccccc1OC(F)(F)F. The van der Waals surface area contributed by atoms with Gasteiger partial charge >= 0.3 is 6.36 Å². The molecular weight excluding hydrogens is 245 g/mol. The fourth-order valence-electron chi connectivity index (χ4n) is 1.13. The highest BCUT2D eigenvalue weighted by atomic mass is 35.5. The third kappa shape index (κ3) is 4.26. The first-order valence-electron chi connectivity index (χ1n) is 4.24. The Bertz CT molecular complexity index is 333. The summed E-state index contributed by atoms with van der Waals surface area (Å²) in [6.07, 6.45) is -4.72. The molecule has 0 aliphatic rings. The highest BCUT2D eigenvalue weighted by Gasteiger charge is 2.32. The second-order valence-electron chi connectivity index (χ2n) is 2.93. The molecule has 0 spiro atoms. The van der Waals surface area contributed by atoms with E-state index in [1.165, 1.54) is 18.2 Å². The molecule has 0 bridgehead atoms. The minimum atomic E-state index is -4.72. The molecule has 3 nitrogen and oxygen atoms in total. The van der Waals surface area contributed by atoms with E-state index in [9.17, 15) is 13.2 Å². The van der Waals surface area contributed by atoms with Crippen LogP contribution in [0.25, 0.3) is 0 Å². The van der Waals surface area contributed by atoms with E-state index in [1.807, 2.05) is 0 Å². The van der Waals surface area contributed by atoms with Crippen LogP contribution >= 0.6 is 12.4 Å². The lowest BCUT2D eigenvalue weighted by Crippen LogP contribution is -2.24. The summed E-state index contributed by atoms with van der Waals surface area (Å²) in [5, 5.41) is 0. The molecule has 0 heterocycles. The highest BCUT2D eigenvalue weighted by molar-refractivity contribution is 5.85. The molecule has 7 heteroatoms. The van der Waals surface area contributed by atoms with Crippen molar-refractivity contribution in [2.45, 2.75) is 12.4 Å². The first kappa shape index (κ1) is 15.0. The minimum Gasteiger partial charge on any atom is -0.405 e. The van der Waals surface area contributed by atoms with Crippen LogP contribution in [0, 0.1) is 0 Å². The van der Waals surface area contributed by atoms with E-state index in [0.29, 0.717) is 0 Å². The first-order chi connectivity index (χ1) is 6.94. The van der Waals surface area contributed by atoms with Crippen molar-refractivity contribution < 1.29 is 17.9 Å². The third-order valence-electron chi connectivity index (χ3n) is 1.80. The van der Waals surface area contributed by atoms with Gasteiger partial charge in [0.1, 0.15) is 5.75 Å². The monoisotopic (exact) mass is 256 g/mol. The summed E-state index contributed by atoms with van der Waals surface area (Å²) >= 11 is 0. The third-order valence-corrected chi connectivity index (χ3v) is 1.80. The summed E-state index contributed by atoms with van der Waals surface area (Å²) in [5.41, 5.74) is 11.1. The molecule has 0 saturated heterocycles. The molecule has 0 saturated carbocycles. The number of nitrogens with two attached hydrogens (primary N) is 2. The summed E-state index contributed by atoms with van der Waals surface area (Å²) in [4.78, 5) is 0. The minimum absolute atomic E-state index is 0. The Morgan fingerprint density at radius 2 is 1.81 bits per heavy atom. The summed E-state index contributed by atoms with van der Waals surface area (Å²) in [6, 6.07) is 5.02. The van der Waals surface area contributed by atoms with Crippen LogP contribution in [0.4, 0.5) is 13.2 Å². The number of halogens is 4. The average molecular weight is 257 g/mol. The molecule has 0 unspecified atom stereocenters. The van der Waals surface area contributed by atoms with Crippen molar-refractivity contribution in [2.75, 3.05) is 6.54 Å². The number of benzene rings is 1. The van der Waals surface area contributed by atoms with Crippen LogP contribution < -0.4 is 16.2 Å². The van der Waals surface area contributed by atoms with Gasteiger partial charge in [-0.2, -0.15) is 0 Å². The topological polar surface area (TPSA) is 61.3 Å². The Morgan fingerprint density at radius 3 is 2.31 bits per heavy atom. The molecule has 1 aromatic rings. The fraction of sp³-hybridized carbons (Fsp3) is 0.333. The molecule has 4 N–H and O–H groups in total. The Morgan fingerprint density at radius 1 is 1.25 bits per heavy atom. The number of rotatable bonds is 3. The number of hydrogen-bond acceptors (Lipinski definition) is 3. The zero-order valence-electron chi connectivity index (χ0n) is 8.20.